The van der Waals surface area contributed by atoms with E-state index in [0.717, 1.165) is 25.0 Å². The number of morpholine rings is 1. The first-order valence-electron chi connectivity index (χ1n) is 12.3. The van der Waals surface area contributed by atoms with Gasteiger partial charge in [0, 0.05) is 49.9 Å². The predicted octanol–water partition coefficient (Wildman–Crippen LogP) is 2.13. The molecule has 9 nitrogen and oxygen atoms in total. The van der Waals surface area contributed by atoms with Crippen molar-refractivity contribution in [3.8, 4) is 5.75 Å². The standard InChI is InChI=1S/C25H29FN4O5S/c1-17-14-35-21-10-23(28-6-8-34-9-7-28)27-13-19(21)24(31)30(17)18-11-25(12-18)15-29(16-25)36(32,33)22-5-3-2-4-20(22)26/h2-5,10,13,17-18H,6-9,11-12,14-16H2,1H3/t17-/m1/s1. The normalized spacial score (nSPS) is 24.5. The van der Waals surface area contributed by atoms with Crippen LogP contribution in [-0.2, 0) is 14.8 Å². The third-order valence-electron chi connectivity index (χ3n) is 7.82. The van der Waals surface area contributed by atoms with Crippen molar-refractivity contribution in [3.05, 3.63) is 47.9 Å². The highest BCUT2D eigenvalue weighted by atomic mass is 32.2. The molecule has 1 aromatic heterocycles. The van der Waals surface area contributed by atoms with Gasteiger partial charge in [0.05, 0.1) is 19.3 Å². The number of benzene rings is 1. The maximum Gasteiger partial charge on any atom is 0.259 e. The second-order valence-electron chi connectivity index (χ2n) is 10.3. The molecular formula is C25H29FN4O5S. The Balaban J connectivity index is 1.14. The number of halogens is 1. The first-order chi connectivity index (χ1) is 17.3. The van der Waals surface area contributed by atoms with Gasteiger partial charge < -0.3 is 19.3 Å². The monoisotopic (exact) mass is 516 g/mol. The summed E-state index contributed by atoms with van der Waals surface area (Å²) in [5.41, 5.74) is 0.284. The highest BCUT2D eigenvalue weighted by molar-refractivity contribution is 7.89. The Labute approximate surface area is 209 Å². The topological polar surface area (TPSA) is 92.3 Å². The lowest BCUT2D eigenvalue weighted by Gasteiger charge is -2.60. The third-order valence-corrected chi connectivity index (χ3v) is 9.64. The summed E-state index contributed by atoms with van der Waals surface area (Å²) in [7, 11) is -3.87. The lowest BCUT2D eigenvalue weighted by Crippen LogP contribution is -2.68. The summed E-state index contributed by atoms with van der Waals surface area (Å²) in [6, 6.07) is 7.17. The van der Waals surface area contributed by atoms with Gasteiger partial charge in [0.25, 0.3) is 5.91 Å². The van der Waals surface area contributed by atoms with Crippen molar-refractivity contribution in [1.82, 2.24) is 14.2 Å². The minimum Gasteiger partial charge on any atom is -0.490 e. The maximum atomic E-state index is 14.1. The lowest BCUT2D eigenvalue weighted by atomic mass is 9.61. The molecule has 192 valence electrons. The highest BCUT2D eigenvalue weighted by Gasteiger charge is 2.58. The molecular weight excluding hydrogens is 487 g/mol. The molecule has 0 bridgehead atoms. The van der Waals surface area contributed by atoms with Crippen molar-refractivity contribution in [3.63, 3.8) is 0 Å². The van der Waals surface area contributed by atoms with E-state index >= 15 is 0 Å². The first kappa shape index (κ1) is 23.6. The highest BCUT2D eigenvalue weighted by Crippen LogP contribution is 2.52. The predicted molar refractivity (Wildman–Crippen MR) is 129 cm³/mol. The summed E-state index contributed by atoms with van der Waals surface area (Å²) in [5, 5.41) is 0. The van der Waals surface area contributed by atoms with E-state index < -0.39 is 15.8 Å². The van der Waals surface area contributed by atoms with Crippen LogP contribution in [0.3, 0.4) is 0 Å². The van der Waals surface area contributed by atoms with Crippen LogP contribution in [0.15, 0.2) is 41.4 Å². The van der Waals surface area contributed by atoms with Crippen LogP contribution in [0.5, 0.6) is 5.75 Å². The van der Waals surface area contributed by atoms with Crippen LogP contribution in [0.25, 0.3) is 0 Å². The Bertz CT molecular complexity index is 1290. The second-order valence-corrected chi connectivity index (χ2v) is 12.2. The zero-order valence-corrected chi connectivity index (χ0v) is 20.9. The minimum atomic E-state index is -3.87. The molecule has 3 fully saturated rings. The van der Waals surface area contributed by atoms with Crippen molar-refractivity contribution in [1.29, 1.82) is 0 Å². The zero-order chi connectivity index (χ0) is 25.1. The fourth-order valence-electron chi connectivity index (χ4n) is 5.89. The SMILES string of the molecule is C[C@@H]1COc2cc(N3CCOCC3)ncc2C(=O)N1C1CC2(C1)CN(S(=O)(=O)c1ccccc1F)C2. The molecule has 0 unspecified atom stereocenters. The van der Waals surface area contributed by atoms with Gasteiger partial charge in [-0.1, -0.05) is 12.1 Å². The van der Waals surface area contributed by atoms with E-state index in [1.165, 1.54) is 22.5 Å². The largest absolute Gasteiger partial charge is 0.490 e. The van der Waals surface area contributed by atoms with E-state index in [-0.39, 0.29) is 28.3 Å². The summed E-state index contributed by atoms with van der Waals surface area (Å²) in [4.78, 5) is 21.8. The van der Waals surface area contributed by atoms with Gasteiger partial charge in [-0.05, 0) is 31.9 Å². The number of hydrogen-bond acceptors (Lipinski definition) is 7. The van der Waals surface area contributed by atoms with Gasteiger partial charge in [-0.3, -0.25) is 4.79 Å². The molecule has 4 aliphatic rings. The van der Waals surface area contributed by atoms with Gasteiger partial charge in [0.1, 0.15) is 34.5 Å². The van der Waals surface area contributed by atoms with Gasteiger partial charge in [0.15, 0.2) is 0 Å². The number of aromatic nitrogens is 1. The molecule has 2 saturated heterocycles. The molecule has 0 N–H and O–H groups in total. The molecule has 1 amide bonds. The van der Waals surface area contributed by atoms with Gasteiger partial charge in [0.2, 0.25) is 10.0 Å². The lowest BCUT2D eigenvalue weighted by molar-refractivity contribution is -0.0755. The van der Waals surface area contributed by atoms with Gasteiger partial charge in [-0.15, -0.1) is 0 Å². The van der Waals surface area contributed by atoms with E-state index in [9.17, 15) is 17.6 Å². The smallest absolute Gasteiger partial charge is 0.259 e. The van der Waals surface area contributed by atoms with Crippen molar-refractivity contribution in [2.24, 2.45) is 5.41 Å². The summed E-state index contributed by atoms with van der Waals surface area (Å²) in [6.45, 7) is 5.81. The zero-order valence-electron chi connectivity index (χ0n) is 20.1. The Morgan fingerprint density at radius 1 is 1.14 bits per heavy atom. The van der Waals surface area contributed by atoms with Gasteiger partial charge in [-0.25, -0.2) is 17.8 Å². The number of ether oxygens (including phenoxy) is 2. The number of sulfonamides is 1. The van der Waals surface area contributed by atoms with Gasteiger partial charge >= 0.3 is 0 Å². The molecule has 1 spiro atoms. The van der Waals surface area contributed by atoms with Crippen molar-refractivity contribution in [2.45, 2.75) is 36.7 Å². The van der Waals surface area contributed by atoms with Crippen molar-refractivity contribution in [2.75, 3.05) is 50.9 Å². The fraction of sp³-hybridized carbons (Fsp3) is 0.520. The molecule has 36 heavy (non-hydrogen) atoms. The quantitative estimate of drug-likeness (QED) is 0.615. The molecule has 11 heteroatoms. The first-order valence-corrected chi connectivity index (χ1v) is 13.7. The molecule has 1 aliphatic carbocycles. The van der Waals surface area contributed by atoms with Crippen LogP contribution in [0.2, 0.25) is 0 Å². The number of rotatable bonds is 4. The number of amides is 1. The Hall–Kier alpha value is -2.76. The summed E-state index contributed by atoms with van der Waals surface area (Å²) >= 11 is 0. The fourth-order valence-corrected chi connectivity index (χ4v) is 7.62. The van der Waals surface area contributed by atoms with Crippen LogP contribution in [0.1, 0.15) is 30.1 Å². The number of fused-ring (bicyclic) bond motifs is 1. The number of nitrogens with zero attached hydrogens (tertiary/aromatic N) is 4. The van der Waals surface area contributed by atoms with E-state index in [1.54, 1.807) is 6.20 Å². The van der Waals surface area contributed by atoms with E-state index in [0.29, 0.717) is 57.1 Å². The van der Waals surface area contributed by atoms with Crippen molar-refractivity contribution < 1.29 is 27.1 Å². The second kappa shape index (κ2) is 8.67. The Morgan fingerprint density at radius 3 is 2.58 bits per heavy atom. The van der Waals surface area contributed by atoms with Gasteiger partial charge in [-0.2, -0.15) is 4.31 Å². The van der Waals surface area contributed by atoms with Crippen molar-refractivity contribution >= 4 is 21.7 Å². The van der Waals surface area contributed by atoms with E-state index in [4.69, 9.17) is 9.47 Å². The number of anilines is 1. The number of carbonyl (C=O) groups is 1. The molecule has 4 heterocycles. The summed E-state index contributed by atoms with van der Waals surface area (Å²) in [5.74, 6) is 0.480. The van der Waals surface area contributed by atoms with E-state index in [1.807, 2.05) is 17.9 Å². The number of pyridine rings is 1. The number of hydrogen-bond donors (Lipinski definition) is 0. The van der Waals surface area contributed by atoms with Crippen LogP contribution < -0.4 is 9.64 Å². The molecule has 2 aromatic rings. The molecule has 1 saturated carbocycles. The maximum absolute atomic E-state index is 14.1. The Morgan fingerprint density at radius 2 is 1.86 bits per heavy atom. The Kier molecular flexibility index (Phi) is 5.69. The third kappa shape index (κ3) is 3.84. The van der Waals surface area contributed by atoms with Crippen LogP contribution >= 0.6 is 0 Å². The summed E-state index contributed by atoms with van der Waals surface area (Å²) < 4.78 is 52.6. The van der Waals surface area contributed by atoms with Crippen LogP contribution in [0, 0.1) is 11.2 Å². The average molecular weight is 517 g/mol. The van der Waals surface area contributed by atoms with Crippen LogP contribution in [-0.4, -0.2) is 86.6 Å². The molecule has 6 rings (SSSR count). The van der Waals surface area contributed by atoms with E-state index in [2.05, 4.69) is 9.88 Å². The molecule has 1 aromatic carbocycles. The average Bonchev–Trinajstić information content (AvgIpc) is 2.94. The molecule has 3 aliphatic heterocycles. The molecule has 1 atom stereocenters. The van der Waals surface area contributed by atoms with Crippen LogP contribution in [0.4, 0.5) is 10.2 Å². The minimum absolute atomic E-state index is 0.000662. The summed E-state index contributed by atoms with van der Waals surface area (Å²) in [6.07, 6.45) is 3.02. The molecule has 0 radical (unpaired) electrons. The number of carbonyl (C=O) groups excluding carboxylic acids is 1.